The van der Waals surface area contributed by atoms with Gasteiger partial charge in [-0.1, -0.05) is 86.9 Å². The lowest BCUT2D eigenvalue weighted by Crippen LogP contribution is -2.22. The molecule has 1 heteroatoms. The van der Waals surface area contributed by atoms with Crippen LogP contribution in [0.15, 0.2) is 36.4 Å². The van der Waals surface area contributed by atoms with Crippen LogP contribution in [0, 0.1) is 13.8 Å². The minimum Gasteiger partial charge on any atom is -0.507 e. The van der Waals surface area contributed by atoms with E-state index < -0.39 is 0 Å². The molecule has 3 rings (SSSR count). The Hall–Kier alpha value is -1.76. The maximum absolute atomic E-state index is 10.8. The van der Waals surface area contributed by atoms with E-state index in [1.54, 1.807) is 0 Å². The SMILES string of the molecule is CCCCCCC1(c2ccc(-c3cc(C)cc(C)c3)c(O)c2)CCCC1. The lowest BCUT2D eigenvalue weighted by atomic mass is 9.74. The number of phenols is 1. The Morgan fingerprint density at radius 3 is 2.19 bits per heavy atom. The van der Waals surface area contributed by atoms with Crippen LogP contribution in [0.2, 0.25) is 0 Å². The molecule has 1 N–H and O–H groups in total. The Labute approximate surface area is 159 Å². The summed E-state index contributed by atoms with van der Waals surface area (Å²) >= 11 is 0. The van der Waals surface area contributed by atoms with Gasteiger partial charge in [-0.3, -0.25) is 0 Å². The molecule has 2 aromatic rings. The third-order valence-corrected chi connectivity index (χ3v) is 6.21. The van der Waals surface area contributed by atoms with Gasteiger partial charge in [-0.15, -0.1) is 0 Å². The zero-order valence-corrected chi connectivity index (χ0v) is 16.8. The average Bonchev–Trinajstić information content (AvgIpc) is 3.08. The largest absolute Gasteiger partial charge is 0.507 e. The normalized spacial score (nSPS) is 16.1. The van der Waals surface area contributed by atoms with E-state index in [0.29, 0.717) is 11.2 Å². The Morgan fingerprint density at radius 2 is 1.58 bits per heavy atom. The second kappa shape index (κ2) is 8.29. The molecule has 1 aliphatic rings. The summed E-state index contributed by atoms with van der Waals surface area (Å²) in [5.41, 5.74) is 6.22. The zero-order valence-electron chi connectivity index (χ0n) is 16.8. The second-order valence-electron chi connectivity index (χ2n) is 8.41. The summed E-state index contributed by atoms with van der Waals surface area (Å²) in [5, 5.41) is 10.8. The van der Waals surface area contributed by atoms with Crippen molar-refractivity contribution < 1.29 is 5.11 Å². The van der Waals surface area contributed by atoms with Crippen molar-refractivity contribution in [1.29, 1.82) is 0 Å². The van der Waals surface area contributed by atoms with Crippen molar-refractivity contribution in [2.24, 2.45) is 0 Å². The fourth-order valence-corrected chi connectivity index (χ4v) is 4.86. The minimum absolute atomic E-state index is 0.298. The quantitative estimate of drug-likeness (QED) is 0.514. The molecule has 1 saturated carbocycles. The number of aromatic hydroxyl groups is 1. The maximum atomic E-state index is 10.8. The van der Waals surface area contributed by atoms with Crippen LogP contribution >= 0.6 is 0 Å². The predicted octanol–water partition coefficient (Wildman–Crippen LogP) is 7.46. The van der Waals surface area contributed by atoms with Crippen molar-refractivity contribution in [3.63, 3.8) is 0 Å². The predicted molar refractivity (Wildman–Crippen MR) is 112 cm³/mol. The summed E-state index contributed by atoms with van der Waals surface area (Å²) in [6, 6.07) is 13.0. The molecule has 0 unspecified atom stereocenters. The molecule has 0 bridgehead atoms. The van der Waals surface area contributed by atoms with E-state index >= 15 is 0 Å². The van der Waals surface area contributed by atoms with Gasteiger partial charge in [0.25, 0.3) is 0 Å². The molecule has 1 nitrogen and oxygen atoms in total. The minimum atomic E-state index is 0.298. The molecule has 26 heavy (non-hydrogen) atoms. The van der Waals surface area contributed by atoms with Crippen LogP contribution in [0.4, 0.5) is 0 Å². The molecule has 0 saturated heterocycles. The molecule has 1 aliphatic carbocycles. The van der Waals surface area contributed by atoms with E-state index in [4.69, 9.17) is 0 Å². The topological polar surface area (TPSA) is 20.2 Å². The monoisotopic (exact) mass is 350 g/mol. The summed E-state index contributed by atoms with van der Waals surface area (Å²) < 4.78 is 0. The Kier molecular flexibility index (Phi) is 6.06. The van der Waals surface area contributed by atoms with Gasteiger partial charge in [-0.05, 0) is 55.7 Å². The number of phenolic OH excluding ortho intramolecular Hbond substituents is 1. The maximum Gasteiger partial charge on any atom is 0.123 e. The van der Waals surface area contributed by atoms with Gasteiger partial charge in [0.1, 0.15) is 5.75 Å². The van der Waals surface area contributed by atoms with E-state index in [9.17, 15) is 5.11 Å². The van der Waals surface area contributed by atoms with E-state index in [1.165, 1.54) is 74.5 Å². The summed E-state index contributed by atoms with van der Waals surface area (Å²) in [7, 11) is 0. The highest BCUT2D eigenvalue weighted by Crippen LogP contribution is 2.47. The first-order valence-electron chi connectivity index (χ1n) is 10.5. The van der Waals surface area contributed by atoms with Crippen molar-refractivity contribution in [1.82, 2.24) is 0 Å². The summed E-state index contributed by atoms with van der Waals surface area (Å²) in [6.45, 7) is 6.51. The lowest BCUT2D eigenvalue weighted by Gasteiger charge is -2.30. The number of unbranched alkanes of at least 4 members (excludes halogenated alkanes) is 3. The van der Waals surface area contributed by atoms with Crippen molar-refractivity contribution in [3.8, 4) is 16.9 Å². The highest BCUT2D eigenvalue weighted by atomic mass is 16.3. The highest BCUT2D eigenvalue weighted by Gasteiger charge is 2.35. The Morgan fingerprint density at radius 1 is 0.885 bits per heavy atom. The van der Waals surface area contributed by atoms with Crippen LogP contribution in [-0.4, -0.2) is 5.11 Å². The van der Waals surface area contributed by atoms with Crippen molar-refractivity contribution >= 4 is 0 Å². The van der Waals surface area contributed by atoms with E-state index in [-0.39, 0.29) is 0 Å². The van der Waals surface area contributed by atoms with Crippen LogP contribution in [0.1, 0.15) is 81.4 Å². The van der Waals surface area contributed by atoms with Gasteiger partial charge in [-0.25, -0.2) is 0 Å². The van der Waals surface area contributed by atoms with E-state index in [1.807, 2.05) is 0 Å². The fourth-order valence-electron chi connectivity index (χ4n) is 4.86. The number of hydrogen-bond donors (Lipinski definition) is 1. The van der Waals surface area contributed by atoms with E-state index in [0.717, 1.165) is 11.1 Å². The molecule has 0 aromatic heterocycles. The third-order valence-electron chi connectivity index (χ3n) is 6.21. The molecule has 0 aliphatic heterocycles. The molecule has 0 spiro atoms. The third kappa shape index (κ3) is 4.14. The highest BCUT2D eigenvalue weighted by molar-refractivity contribution is 5.72. The first-order chi connectivity index (χ1) is 12.5. The van der Waals surface area contributed by atoms with Crippen LogP contribution in [-0.2, 0) is 5.41 Å². The standard InChI is InChI=1S/C25H34O/c1-4-5-6-7-12-25(13-8-9-14-25)22-10-11-23(24(26)18-22)21-16-19(2)15-20(3)17-21/h10-11,15-18,26H,4-9,12-14H2,1-3H3. The Bertz CT molecular complexity index is 718. The number of aryl methyl sites for hydroxylation is 2. The van der Waals surface area contributed by atoms with Gasteiger partial charge >= 0.3 is 0 Å². The first kappa shape index (κ1) is 19.0. The molecule has 0 radical (unpaired) electrons. The molecular formula is C25H34O. The van der Waals surface area contributed by atoms with Gasteiger partial charge in [0.05, 0.1) is 0 Å². The van der Waals surface area contributed by atoms with Crippen LogP contribution in [0.3, 0.4) is 0 Å². The average molecular weight is 351 g/mol. The second-order valence-corrected chi connectivity index (χ2v) is 8.41. The van der Waals surface area contributed by atoms with Gasteiger partial charge in [0.15, 0.2) is 0 Å². The number of benzene rings is 2. The summed E-state index contributed by atoms with van der Waals surface area (Å²) in [4.78, 5) is 0. The number of hydrogen-bond acceptors (Lipinski definition) is 1. The van der Waals surface area contributed by atoms with Crippen LogP contribution in [0.25, 0.3) is 11.1 Å². The van der Waals surface area contributed by atoms with Gasteiger partial charge in [-0.2, -0.15) is 0 Å². The molecular weight excluding hydrogens is 316 g/mol. The van der Waals surface area contributed by atoms with Crippen molar-refractivity contribution in [2.75, 3.05) is 0 Å². The van der Waals surface area contributed by atoms with Crippen molar-refractivity contribution in [2.45, 2.75) is 84.0 Å². The molecule has 0 heterocycles. The van der Waals surface area contributed by atoms with Gasteiger partial charge in [0.2, 0.25) is 0 Å². The lowest BCUT2D eigenvalue weighted by molar-refractivity contribution is 0.381. The van der Waals surface area contributed by atoms with Crippen LogP contribution in [0.5, 0.6) is 5.75 Å². The summed E-state index contributed by atoms with van der Waals surface area (Å²) in [5.74, 6) is 0.437. The van der Waals surface area contributed by atoms with Gasteiger partial charge < -0.3 is 5.11 Å². The number of rotatable bonds is 7. The molecule has 2 aromatic carbocycles. The van der Waals surface area contributed by atoms with Gasteiger partial charge in [0, 0.05) is 5.56 Å². The molecule has 0 atom stereocenters. The fraction of sp³-hybridized carbons (Fsp3) is 0.520. The first-order valence-corrected chi connectivity index (χ1v) is 10.5. The van der Waals surface area contributed by atoms with E-state index in [2.05, 4.69) is 57.2 Å². The molecule has 1 fully saturated rings. The smallest absolute Gasteiger partial charge is 0.123 e. The summed E-state index contributed by atoms with van der Waals surface area (Å²) in [6.07, 6.45) is 11.8. The zero-order chi connectivity index (χ0) is 18.6. The molecule has 140 valence electrons. The van der Waals surface area contributed by atoms with Crippen molar-refractivity contribution in [3.05, 3.63) is 53.1 Å². The Balaban J connectivity index is 1.87. The van der Waals surface area contributed by atoms with Crippen LogP contribution < -0.4 is 0 Å². The molecule has 0 amide bonds.